The number of carboxylic acid groups (broad SMARTS) is 1. The highest BCUT2D eigenvalue weighted by molar-refractivity contribution is 5.92. The lowest BCUT2D eigenvalue weighted by Crippen LogP contribution is -2.54. The monoisotopic (exact) mass is 455 g/mol. The van der Waals surface area contributed by atoms with Gasteiger partial charge in [-0.05, 0) is 30.7 Å². The van der Waals surface area contributed by atoms with Crippen LogP contribution < -0.4 is 27.4 Å². The molecule has 0 aromatic rings. The molecule has 0 fully saturated rings. The quantitative estimate of drug-likeness (QED) is 0.0438. The summed E-state index contributed by atoms with van der Waals surface area (Å²) in [7, 11) is 0. The van der Waals surface area contributed by atoms with E-state index in [1.165, 1.54) is 0 Å². The summed E-state index contributed by atoms with van der Waals surface area (Å²) in [6.07, 6.45) is 0.287. The fourth-order valence-electron chi connectivity index (χ4n) is 2.63. The van der Waals surface area contributed by atoms with Crippen molar-refractivity contribution in [3.63, 3.8) is 0 Å². The Morgan fingerprint density at radius 1 is 1.03 bits per heavy atom. The third kappa shape index (κ3) is 14.4. The maximum atomic E-state index is 12.8. The van der Waals surface area contributed by atoms with Crippen molar-refractivity contribution in [3.05, 3.63) is 10.4 Å². The molecule has 14 nitrogen and oxygen atoms in total. The first kappa shape index (κ1) is 28.5. The van der Waals surface area contributed by atoms with Crippen molar-refractivity contribution in [2.45, 2.75) is 58.0 Å². The number of nitrogens with one attached hydrogen (secondary N) is 3. The molecule has 8 N–H and O–H groups in total. The molecule has 0 bridgehead atoms. The van der Waals surface area contributed by atoms with Crippen LogP contribution in [0.5, 0.6) is 0 Å². The molecule has 0 unspecified atom stereocenters. The Morgan fingerprint density at radius 2 is 1.72 bits per heavy atom. The molecular formula is C18H33N9O5. The number of aliphatic carboxylic acids is 1. The second-order valence-electron chi connectivity index (χ2n) is 7.40. The van der Waals surface area contributed by atoms with Crippen LogP contribution in [0.2, 0.25) is 0 Å². The van der Waals surface area contributed by atoms with Crippen molar-refractivity contribution >= 4 is 29.7 Å². The molecule has 32 heavy (non-hydrogen) atoms. The summed E-state index contributed by atoms with van der Waals surface area (Å²) >= 11 is 0. The summed E-state index contributed by atoms with van der Waals surface area (Å²) in [4.78, 5) is 54.5. The minimum atomic E-state index is -1.12. The van der Waals surface area contributed by atoms with Crippen LogP contribution in [0.25, 0.3) is 10.4 Å². The zero-order chi connectivity index (χ0) is 24.5. The molecular weight excluding hydrogens is 422 g/mol. The molecule has 0 aromatic heterocycles. The Hall–Kier alpha value is -3.54. The first-order chi connectivity index (χ1) is 15.1. The molecule has 0 aliphatic heterocycles. The number of nitrogens with zero attached hydrogens (tertiary/aromatic N) is 4. The largest absolute Gasteiger partial charge is 0.481 e. The van der Waals surface area contributed by atoms with Crippen molar-refractivity contribution in [1.29, 1.82) is 0 Å². The van der Waals surface area contributed by atoms with Crippen LogP contribution >= 0.6 is 0 Å². The Bertz CT molecular complexity index is 716. The number of aliphatic imine (C=N–C) groups is 1. The van der Waals surface area contributed by atoms with Gasteiger partial charge in [0.15, 0.2) is 5.96 Å². The Morgan fingerprint density at radius 3 is 2.28 bits per heavy atom. The van der Waals surface area contributed by atoms with E-state index in [-0.39, 0.29) is 50.8 Å². The molecule has 0 saturated carbocycles. The number of amides is 3. The van der Waals surface area contributed by atoms with Crippen LogP contribution in [0.1, 0.15) is 46.0 Å². The molecule has 2 atom stereocenters. The van der Waals surface area contributed by atoms with Gasteiger partial charge < -0.3 is 32.5 Å². The smallest absolute Gasteiger partial charge is 0.303 e. The van der Waals surface area contributed by atoms with Gasteiger partial charge in [-0.3, -0.25) is 24.2 Å². The maximum absolute atomic E-state index is 12.8. The minimum Gasteiger partial charge on any atom is -0.481 e. The summed E-state index contributed by atoms with van der Waals surface area (Å²) in [5.41, 5.74) is 18.9. The zero-order valence-corrected chi connectivity index (χ0v) is 18.4. The Kier molecular flexibility index (Phi) is 14.4. The van der Waals surface area contributed by atoms with Crippen LogP contribution in [-0.2, 0) is 19.2 Å². The van der Waals surface area contributed by atoms with E-state index >= 15 is 0 Å². The van der Waals surface area contributed by atoms with Crippen molar-refractivity contribution in [2.75, 3.05) is 19.6 Å². The SMILES string of the molecule is CC(C)C[C@H](NC(=O)CCC(=O)O)C(=O)N[C@@H](CCCN=C(N)N)C(=O)NCCN=[N+]=[N-]. The van der Waals surface area contributed by atoms with E-state index < -0.39 is 35.8 Å². The number of carbonyl (C=O) groups is 4. The lowest BCUT2D eigenvalue weighted by molar-refractivity contribution is -0.139. The molecule has 0 saturated heterocycles. The second kappa shape index (κ2) is 16.2. The number of guanidine groups is 1. The standard InChI is InChI=1S/C18H33N9O5/c1-11(2)10-13(25-14(28)5-6-15(29)30)17(32)26-12(4-3-7-23-18(19)20)16(31)22-8-9-24-27-21/h11-13H,3-10H2,1-2H3,(H,22,31)(H,25,28)(H,26,32)(H,29,30)(H4,19,20,23)/t12-,13-/m0/s1. The molecule has 14 heteroatoms. The molecule has 0 heterocycles. The van der Waals surface area contributed by atoms with Crippen LogP contribution in [-0.4, -0.2) is 66.5 Å². The number of hydrogen-bond donors (Lipinski definition) is 6. The Labute approximate surface area is 186 Å². The van der Waals surface area contributed by atoms with Gasteiger partial charge in [-0.15, -0.1) is 0 Å². The van der Waals surface area contributed by atoms with Gasteiger partial charge in [-0.25, -0.2) is 0 Å². The Balaban J connectivity index is 5.20. The van der Waals surface area contributed by atoms with Crippen LogP contribution in [0.3, 0.4) is 0 Å². The fraction of sp³-hybridized carbons (Fsp3) is 0.722. The molecule has 0 radical (unpaired) electrons. The van der Waals surface area contributed by atoms with Gasteiger partial charge in [0.25, 0.3) is 0 Å². The summed E-state index contributed by atoms with van der Waals surface area (Å²) in [5.74, 6) is -2.80. The summed E-state index contributed by atoms with van der Waals surface area (Å²) in [6.45, 7) is 4.11. The predicted molar refractivity (Wildman–Crippen MR) is 117 cm³/mol. The highest BCUT2D eigenvalue weighted by Crippen LogP contribution is 2.08. The van der Waals surface area contributed by atoms with Crippen molar-refractivity contribution in [3.8, 4) is 0 Å². The summed E-state index contributed by atoms with van der Waals surface area (Å²) in [6, 6.07) is -1.87. The van der Waals surface area contributed by atoms with E-state index in [0.29, 0.717) is 12.8 Å². The topological polar surface area (TPSA) is 238 Å². The van der Waals surface area contributed by atoms with Gasteiger partial charge in [-0.1, -0.05) is 19.0 Å². The predicted octanol–water partition coefficient (Wildman–Crippen LogP) is -0.653. The summed E-state index contributed by atoms with van der Waals surface area (Å²) in [5, 5.41) is 19.8. The number of rotatable bonds is 16. The lowest BCUT2D eigenvalue weighted by atomic mass is 10.0. The number of nitrogens with two attached hydrogens (primary N) is 2. The van der Waals surface area contributed by atoms with Crippen LogP contribution in [0.4, 0.5) is 0 Å². The van der Waals surface area contributed by atoms with E-state index in [1.54, 1.807) is 0 Å². The van der Waals surface area contributed by atoms with Crippen LogP contribution in [0.15, 0.2) is 10.1 Å². The molecule has 0 aliphatic carbocycles. The number of carbonyl (C=O) groups excluding carboxylic acids is 3. The van der Waals surface area contributed by atoms with Crippen molar-refractivity contribution in [1.82, 2.24) is 16.0 Å². The molecule has 0 aliphatic rings. The number of hydrogen-bond acceptors (Lipinski definition) is 6. The first-order valence-electron chi connectivity index (χ1n) is 10.2. The average Bonchev–Trinajstić information content (AvgIpc) is 2.70. The minimum absolute atomic E-state index is 0.0449. The van der Waals surface area contributed by atoms with E-state index in [2.05, 4.69) is 31.0 Å². The molecule has 0 rings (SSSR count). The van der Waals surface area contributed by atoms with Crippen molar-refractivity contribution in [2.24, 2.45) is 27.5 Å². The molecule has 180 valence electrons. The molecule has 0 spiro atoms. The normalized spacial score (nSPS) is 12.1. The highest BCUT2D eigenvalue weighted by atomic mass is 16.4. The van der Waals surface area contributed by atoms with Gasteiger partial charge >= 0.3 is 5.97 Å². The van der Waals surface area contributed by atoms with Gasteiger partial charge in [-0.2, -0.15) is 0 Å². The molecule has 3 amide bonds. The first-order valence-corrected chi connectivity index (χ1v) is 10.2. The lowest BCUT2D eigenvalue weighted by Gasteiger charge is -2.24. The highest BCUT2D eigenvalue weighted by Gasteiger charge is 2.27. The van der Waals surface area contributed by atoms with E-state index in [0.717, 1.165) is 0 Å². The second-order valence-corrected chi connectivity index (χ2v) is 7.40. The van der Waals surface area contributed by atoms with E-state index in [1.807, 2.05) is 13.8 Å². The fourth-order valence-corrected chi connectivity index (χ4v) is 2.63. The van der Waals surface area contributed by atoms with E-state index in [9.17, 15) is 19.2 Å². The van der Waals surface area contributed by atoms with Crippen LogP contribution in [0, 0.1) is 5.92 Å². The molecule has 0 aromatic carbocycles. The van der Waals surface area contributed by atoms with Gasteiger partial charge in [0.1, 0.15) is 12.1 Å². The summed E-state index contributed by atoms with van der Waals surface area (Å²) < 4.78 is 0. The number of carboxylic acids is 1. The van der Waals surface area contributed by atoms with Crippen molar-refractivity contribution < 1.29 is 24.3 Å². The third-order valence-electron chi connectivity index (χ3n) is 4.08. The van der Waals surface area contributed by atoms with Gasteiger partial charge in [0.2, 0.25) is 17.7 Å². The maximum Gasteiger partial charge on any atom is 0.303 e. The average molecular weight is 456 g/mol. The zero-order valence-electron chi connectivity index (χ0n) is 18.4. The van der Waals surface area contributed by atoms with Gasteiger partial charge in [0, 0.05) is 31.0 Å². The van der Waals surface area contributed by atoms with Gasteiger partial charge in [0.05, 0.1) is 6.42 Å². The van der Waals surface area contributed by atoms with E-state index in [4.69, 9.17) is 22.1 Å². The third-order valence-corrected chi connectivity index (χ3v) is 4.08. The number of azide groups is 1.